The Hall–Kier alpha value is -1.43. The van der Waals surface area contributed by atoms with E-state index < -0.39 is 0 Å². The molecule has 6 heteroatoms. The molecule has 1 aromatic carbocycles. The number of hydrogen-bond donors (Lipinski definition) is 2. The molecule has 0 bridgehead atoms. The maximum atomic E-state index is 12.2. The van der Waals surface area contributed by atoms with Gasteiger partial charge in [0, 0.05) is 11.4 Å². The van der Waals surface area contributed by atoms with Crippen LogP contribution < -0.4 is 10.6 Å². The van der Waals surface area contributed by atoms with Crippen molar-refractivity contribution < 1.29 is 4.79 Å². The molecule has 1 aliphatic heterocycles. The van der Waals surface area contributed by atoms with Crippen LogP contribution in [0.2, 0.25) is 0 Å². The number of amides is 1. The number of thiazole rings is 1. The van der Waals surface area contributed by atoms with Crippen molar-refractivity contribution in [2.24, 2.45) is 5.92 Å². The number of aromatic nitrogens is 1. The quantitative estimate of drug-likeness (QED) is 0.878. The van der Waals surface area contributed by atoms with E-state index in [2.05, 4.69) is 45.9 Å². The van der Waals surface area contributed by atoms with Gasteiger partial charge in [-0.3, -0.25) is 4.79 Å². The highest BCUT2D eigenvalue weighted by atomic mass is 35.5. The van der Waals surface area contributed by atoms with E-state index in [1.165, 1.54) is 16.1 Å². The summed E-state index contributed by atoms with van der Waals surface area (Å²) in [6.07, 6.45) is 4.11. The summed E-state index contributed by atoms with van der Waals surface area (Å²) in [5, 5.41) is 7.04. The van der Waals surface area contributed by atoms with Gasteiger partial charge in [-0.15, -0.1) is 23.7 Å². The highest BCUT2D eigenvalue weighted by molar-refractivity contribution is 7.15. The van der Waals surface area contributed by atoms with Gasteiger partial charge in [0.05, 0.1) is 11.6 Å². The summed E-state index contributed by atoms with van der Waals surface area (Å²) in [6, 6.07) is 10.7. The lowest BCUT2D eigenvalue weighted by Crippen LogP contribution is -2.24. The first-order chi connectivity index (χ1) is 11.3. The molecule has 2 heterocycles. The average Bonchev–Trinajstić information content (AvgIpc) is 3.24. The van der Waals surface area contributed by atoms with Crippen LogP contribution in [0.5, 0.6) is 0 Å². The lowest BCUT2D eigenvalue weighted by atomic mass is 9.85. The van der Waals surface area contributed by atoms with Gasteiger partial charge in [0.25, 0.3) is 0 Å². The van der Waals surface area contributed by atoms with E-state index in [4.69, 9.17) is 0 Å². The average molecular weight is 364 g/mol. The summed E-state index contributed by atoms with van der Waals surface area (Å²) in [7, 11) is 0. The van der Waals surface area contributed by atoms with Gasteiger partial charge in [0.15, 0.2) is 5.13 Å². The lowest BCUT2D eigenvalue weighted by Gasteiger charge is -2.21. The Morgan fingerprint density at radius 3 is 2.83 bits per heavy atom. The molecular weight excluding hydrogens is 342 g/mol. The van der Waals surface area contributed by atoms with Crippen molar-refractivity contribution in [3.05, 3.63) is 46.5 Å². The highest BCUT2D eigenvalue weighted by Gasteiger charge is 2.26. The van der Waals surface area contributed by atoms with Crippen LogP contribution in [-0.4, -0.2) is 24.0 Å². The molecule has 4 rings (SSSR count). The molecule has 0 saturated carbocycles. The predicted molar refractivity (Wildman–Crippen MR) is 100 cm³/mol. The number of aryl methyl sites for hydroxylation is 1. The molecule has 2 N–H and O–H groups in total. The van der Waals surface area contributed by atoms with Crippen molar-refractivity contribution in [3.8, 4) is 0 Å². The second-order valence-electron chi connectivity index (χ2n) is 6.42. The van der Waals surface area contributed by atoms with Gasteiger partial charge < -0.3 is 10.6 Å². The zero-order chi connectivity index (χ0) is 15.6. The van der Waals surface area contributed by atoms with Crippen LogP contribution in [0.3, 0.4) is 0 Å². The zero-order valence-electron chi connectivity index (χ0n) is 13.5. The summed E-state index contributed by atoms with van der Waals surface area (Å²) in [6.45, 7) is 1.72. The van der Waals surface area contributed by atoms with Gasteiger partial charge in [-0.05, 0) is 43.7 Å². The third-order valence-electron chi connectivity index (χ3n) is 4.87. The smallest absolute Gasteiger partial charge is 0.230 e. The molecule has 1 fully saturated rings. The van der Waals surface area contributed by atoms with E-state index in [0.717, 1.165) is 43.9 Å². The number of anilines is 1. The fourth-order valence-corrected chi connectivity index (χ4v) is 4.61. The second-order valence-corrected chi connectivity index (χ2v) is 7.50. The summed E-state index contributed by atoms with van der Waals surface area (Å²) in [5.41, 5.74) is 2.59. The Labute approximate surface area is 152 Å². The van der Waals surface area contributed by atoms with Crippen LogP contribution in [0.4, 0.5) is 5.13 Å². The van der Waals surface area contributed by atoms with Crippen LogP contribution >= 0.6 is 23.7 Å². The number of carbonyl (C=O) groups excluding carboxylic acids is 1. The first kappa shape index (κ1) is 17.4. The third-order valence-corrected chi connectivity index (χ3v) is 5.91. The zero-order valence-corrected chi connectivity index (χ0v) is 15.1. The number of rotatable bonds is 3. The SMILES string of the molecule is Cl.O=C(Nc1nc2c(s1)CC(c1ccccc1)CC2)C1CCNC1. The number of nitrogens with zero attached hydrogens (tertiary/aromatic N) is 1. The van der Waals surface area contributed by atoms with E-state index >= 15 is 0 Å². The van der Waals surface area contributed by atoms with Gasteiger partial charge in [-0.25, -0.2) is 4.98 Å². The second kappa shape index (κ2) is 7.64. The minimum absolute atomic E-state index is 0. The van der Waals surface area contributed by atoms with Crippen LogP contribution in [-0.2, 0) is 17.6 Å². The highest BCUT2D eigenvalue weighted by Crippen LogP contribution is 2.37. The molecule has 2 atom stereocenters. The van der Waals surface area contributed by atoms with Gasteiger partial charge in [0.1, 0.15) is 0 Å². The maximum absolute atomic E-state index is 12.2. The van der Waals surface area contributed by atoms with Crippen LogP contribution in [0, 0.1) is 5.92 Å². The maximum Gasteiger partial charge on any atom is 0.230 e. The van der Waals surface area contributed by atoms with Crippen LogP contribution in [0.25, 0.3) is 0 Å². The van der Waals surface area contributed by atoms with Gasteiger partial charge in [0.2, 0.25) is 5.91 Å². The predicted octanol–water partition coefficient (Wildman–Crippen LogP) is 3.39. The summed E-state index contributed by atoms with van der Waals surface area (Å²) in [5.74, 6) is 0.778. The molecule has 2 unspecified atom stereocenters. The van der Waals surface area contributed by atoms with Crippen molar-refractivity contribution >= 4 is 34.8 Å². The van der Waals surface area contributed by atoms with Crippen molar-refractivity contribution in [2.75, 3.05) is 18.4 Å². The normalized spacial score (nSPS) is 22.5. The lowest BCUT2D eigenvalue weighted by molar-refractivity contribution is -0.119. The molecule has 1 amide bonds. The fraction of sp³-hybridized carbons (Fsp3) is 0.444. The first-order valence-corrected chi connectivity index (χ1v) is 9.16. The molecule has 0 spiro atoms. The Balaban J connectivity index is 0.00000169. The fourth-order valence-electron chi connectivity index (χ4n) is 3.52. The van der Waals surface area contributed by atoms with Crippen LogP contribution in [0.15, 0.2) is 30.3 Å². The van der Waals surface area contributed by atoms with E-state index in [1.54, 1.807) is 11.3 Å². The van der Waals surface area contributed by atoms with E-state index in [9.17, 15) is 4.79 Å². The number of halogens is 1. The van der Waals surface area contributed by atoms with E-state index in [-0.39, 0.29) is 24.2 Å². The number of hydrogen-bond acceptors (Lipinski definition) is 4. The standard InChI is InChI=1S/C18H21N3OS.ClH/c22-17(14-8-9-19-11-14)21-18-20-15-7-6-13(10-16(15)23-18)12-4-2-1-3-5-12;/h1-5,13-14,19H,6-11H2,(H,20,21,22);1H. The molecule has 1 saturated heterocycles. The Kier molecular flexibility index (Phi) is 5.54. The molecular formula is C18H22ClN3OS. The van der Waals surface area contributed by atoms with E-state index in [1.807, 2.05) is 0 Å². The summed E-state index contributed by atoms with van der Waals surface area (Å²) < 4.78 is 0. The summed E-state index contributed by atoms with van der Waals surface area (Å²) in [4.78, 5) is 18.2. The molecule has 2 aromatic rings. The Bertz CT molecular complexity index is 698. The Morgan fingerprint density at radius 2 is 2.08 bits per heavy atom. The largest absolute Gasteiger partial charge is 0.316 e. The molecule has 24 heavy (non-hydrogen) atoms. The molecule has 128 valence electrons. The molecule has 0 radical (unpaired) electrons. The number of carbonyl (C=O) groups is 1. The van der Waals surface area contributed by atoms with Gasteiger partial charge >= 0.3 is 0 Å². The van der Waals surface area contributed by atoms with Crippen molar-refractivity contribution in [3.63, 3.8) is 0 Å². The minimum atomic E-state index is 0. The van der Waals surface area contributed by atoms with E-state index in [0.29, 0.717) is 5.92 Å². The first-order valence-electron chi connectivity index (χ1n) is 8.34. The number of benzene rings is 1. The topological polar surface area (TPSA) is 54.0 Å². The third kappa shape index (κ3) is 3.63. The van der Waals surface area contributed by atoms with Gasteiger partial charge in [-0.2, -0.15) is 0 Å². The molecule has 4 nitrogen and oxygen atoms in total. The number of fused-ring (bicyclic) bond motifs is 1. The van der Waals surface area contributed by atoms with Crippen molar-refractivity contribution in [1.29, 1.82) is 0 Å². The molecule has 1 aliphatic carbocycles. The summed E-state index contributed by atoms with van der Waals surface area (Å²) >= 11 is 1.66. The van der Waals surface area contributed by atoms with Crippen LogP contribution in [0.1, 0.15) is 34.9 Å². The monoisotopic (exact) mass is 363 g/mol. The number of nitrogens with one attached hydrogen (secondary N) is 2. The van der Waals surface area contributed by atoms with Crippen molar-refractivity contribution in [1.82, 2.24) is 10.3 Å². The molecule has 2 aliphatic rings. The van der Waals surface area contributed by atoms with Gasteiger partial charge in [-0.1, -0.05) is 30.3 Å². The molecule has 1 aromatic heterocycles. The van der Waals surface area contributed by atoms with Crippen molar-refractivity contribution in [2.45, 2.75) is 31.6 Å². The minimum Gasteiger partial charge on any atom is -0.316 e. The Morgan fingerprint density at radius 1 is 1.25 bits per heavy atom.